The average molecular weight is 241 g/mol. The van der Waals surface area contributed by atoms with Crippen LogP contribution in [0.25, 0.3) is 0 Å². The fourth-order valence-electron chi connectivity index (χ4n) is 1.73. The molecule has 96 valence electrons. The van der Waals surface area contributed by atoms with Crippen LogP contribution in [0, 0.1) is 5.41 Å². The minimum Gasteiger partial charge on any atom is -0.395 e. The molecule has 0 fully saturated rings. The molecule has 0 saturated carbocycles. The molecule has 0 aliphatic heterocycles. The van der Waals surface area contributed by atoms with Crippen LogP contribution in [0.5, 0.6) is 0 Å². The molecule has 1 atom stereocenters. The zero-order chi connectivity index (χ0) is 12.9. The number of aliphatic hydroxyl groups is 4. The summed E-state index contributed by atoms with van der Waals surface area (Å²) >= 11 is 0. The van der Waals surface area contributed by atoms with Gasteiger partial charge in [-0.2, -0.15) is 0 Å². The van der Waals surface area contributed by atoms with Gasteiger partial charge in [-0.3, -0.25) is 0 Å². The molecule has 6 N–H and O–H groups in total. The Morgan fingerprint density at radius 2 is 1.59 bits per heavy atom. The van der Waals surface area contributed by atoms with Gasteiger partial charge in [-0.05, 0) is 11.1 Å². The van der Waals surface area contributed by atoms with Gasteiger partial charge in [0.05, 0.1) is 31.3 Å². The molecule has 17 heavy (non-hydrogen) atoms. The maximum Gasteiger partial charge on any atom is 0.0915 e. The second kappa shape index (κ2) is 6.09. The van der Waals surface area contributed by atoms with Crippen LogP contribution in [0.2, 0.25) is 0 Å². The van der Waals surface area contributed by atoms with E-state index in [0.29, 0.717) is 5.56 Å². The lowest BCUT2D eigenvalue weighted by molar-refractivity contribution is -0.0854. The number of nitrogens with two attached hydrogens (primary N) is 1. The van der Waals surface area contributed by atoms with Crippen molar-refractivity contribution >= 4 is 0 Å². The maximum atomic E-state index is 10.2. The molecular weight excluding hydrogens is 222 g/mol. The predicted molar refractivity (Wildman–Crippen MR) is 63.0 cm³/mol. The molecule has 5 heteroatoms. The van der Waals surface area contributed by atoms with Crippen LogP contribution >= 0.6 is 0 Å². The summed E-state index contributed by atoms with van der Waals surface area (Å²) in [5.41, 5.74) is 5.44. The van der Waals surface area contributed by atoms with E-state index in [2.05, 4.69) is 0 Å². The first-order valence-electron chi connectivity index (χ1n) is 5.43. The van der Waals surface area contributed by atoms with Crippen molar-refractivity contribution in [3.05, 3.63) is 35.4 Å². The number of aliphatic hydroxyl groups excluding tert-OH is 4. The summed E-state index contributed by atoms with van der Waals surface area (Å²) in [6.45, 7) is -1.30. The van der Waals surface area contributed by atoms with Crippen molar-refractivity contribution < 1.29 is 20.4 Å². The van der Waals surface area contributed by atoms with Crippen molar-refractivity contribution in [1.82, 2.24) is 0 Å². The number of hydrogen-bond donors (Lipinski definition) is 5. The van der Waals surface area contributed by atoms with Gasteiger partial charge in [0.1, 0.15) is 0 Å². The fourth-order valence-corrected chi connectivity index (χ4v) is 1.73. The lowest BCUT2D eigenvalue weighted by atomic mass is 9.79. The van der Waals surface area contributed by atoms with E-state index in [9.17, 15) is 20.4 Å². The van der Waals surface area contributed by atoms with Crippen molar-refractivity contribution in [2.24, 2.45) is 11.1 Å². The van der Waals surface area contributed by atoms with E-state index in [4.69, 9.17) is 5.73 Å². The minimum absolute atomic E-state index is 0.242. The molecule has 0 aliphatic rings. The van der Waals surface area contributed by atoms with Crippen LogP contribution in [-0.2, 0) is 6.54 Å². The number of hydrogen-bond acceptors (Lipinski definition) is 5. The van der Waals surface area contributed by atoms with Crippen LogP contribution in [0.4, 0.5) is 0 Å². The van der Waals surface area contributed by atoms with Gasteiger partial charge in [0, 0.05) is 6.54 Å². The molecule has 0 spiro atoms. The average Bonchev–Trinajstić information content (AvgIpc) is 2.41. The molecule has 0 amide bonds. The van der Waals surface area contributed by atoms with E-state index in [1.54, 1.807) is 24.3 Å². The largest absolute Gasteiger partial charge is 0.395 e. The molecular formula is C12H19NO4. The van der Waals surface area contributed by atoms with Gasteiger partial charge in [-0.25, -0.2) is 0 Å². The van der Waals surface area contributed by atoms with E-state index < -0.39 is 31.3 Å². The molecule has 5 nitrogen and oxygen atoms in total. The topological polar surface area (TPSA) is 107 Å². The van der Waals surface area contributed by atoms with E-state index >= 15 is 0 Å². The van der Waals surface area contributed by atoms with Crippen LogP contribution in [-0.4, -0.2) is 40.2 Å². The normalized spacial score (nSPS) is 13.7. The van der Waals surface area contributed by atoms with Crippen molar-refractivity contribution in [2.75, 3.05) is 19.8 Å². The number of benzene rings is 1. The standard InChI is InChI=1S/C12H19NO4/c13-5-9-3-1-2-4-10(9)11(17)12(6-14,7-15)8-16/h1-4,11,14-17H,5-8,13H2. The highest BCUT2D eigenvalue weighted by molar-refractivity contribution is 5.30. The highest BCUT2D eigenvalue weighted by Crippen LogP contribution is 2.34. The monoisotopic (exact) mass is 241 g/mol. The summed E-state index contributed by atoms with van der Waals surface area (Å²) in [4.78, 5) is 0. The van der Waals surface area contributed by atoms with Crippen LogP contribution in [0.1, 0.15) is 17.2 Å². The first-order chi connectivity index (χ1) is 8.15. The second-order valence-corrected chi connectivity index (χ2v) is 4.14. The molecule has 0 aliphatic carbocycles. The maximum absolute atomic E-state index is 10.2. The van der Waals surface area contributed by atoms with Gasteiger partial charge in [0.25, 0.3) is 0 Å². The summed E-state index contributed by atoms with van der Waals surface area (Å²) in [7, 11) is 0. The first-order valence-corrected chi connectivity index (χ1v) is 5.43. The molecule has 1 unspecified atom stereocenters. The Hall–Kier alpha value is -0.980. The Balaban J connectivity index is 3.13. The van der Waals surface area contributed by atoms with Crippen LogP contribution in [0.3, 0.4) is 0 Å². The second-order valence-electron chi connectivity index (χ2n) is 4.14. The van der Waals surface area contributed by atoms with Crippen molar-refractivity contribution in [3.8, 4) is 0 Å². The molecule has 0 bridgehead atoms. The van der Waals surface area contributed by atoms with Crippen LogP contribution in [0.15, 0.2) is 24.3 Å². The summed E-state index contributed by atoms with van der Waals surface area (Å²) in [5, 5.41) is 38.0. The lowest BCUT2D eigenvalue weighted by Gasteiger charge is -2.33. The third-order valence-electron chi connectivity index (χ3n) is 3.09. The predicted octanol–water partition coefficient (Wildman–Crippen LogP) is -0.858. The van der Waals surface area contributed by atoms with E-state index in [0.717, 1.165) is 5.56 Å². The highest BCUT2D eigenvalue weighted by atomic mass is 16.3. The third-order valence-corrected chi connectivity index (χ3v) is 3.09. The Labute approximate surface area is 100 Å². The van der Waals surface area contributed by atoms with Gasteiger partial charge in [-0.1, -0.05) is 24.3 Å². The highest BCUT2D eigenvalue weighted by Gasteiger charge is 2.38. The van der Waals surface area contributed by atoms with Crippen molar-refractivity contribution in [2.45, 2.75) is 12.6 Å². The lowest BCUT2D eigenvalue weighted by Crippen LogP contribution is -2.40. The Kier molecular flexibility index (Phi) is 5.04. The summed E-state index contributed by atoms with van der Waals surface area (Å²) in [5.74, 6) is 0. The Morgan fingerprint density at radius 3 is 2.06 bits per heavy atom. The van der Waals surface area contributed by atoms with Gasteiger partial charge in [0.2, 0.25) is 0 Å². The molecule has 0 aromatic heterocycles. The van der Waals surface area contributed by atoms with Gasteiger partial charge in [-0.15, -0.1) is 0 Å². The van der Waals surface area contributed by atoms with E-state index in [1.807, 2.05) is 0 Å². The smallest absolute Gasteiger partial charge is 0.0915 e. The Bertz CT molecular complexity index is 344. The fraction of sp³-hybridized carbons (Fsp3) is 0.500. The molecule has 0 heterocycles. The van der Waals surface area contributed by atoms with Crippen molar-refractivity contribution in [1.29, 1.82) is 0 Å². The number of rotatable bonds is 6. The minimum atomic E-state index is -1.36. The van der Waals surface area contributed by atoms with E-state index in [-0.39, 0.29) is 6.54 Å². The van der Waals surface area contributed by atoms with E-state index in [1.165, 1.54) is 0 Å². The van der Waals surface area contributed by atoms with Crippen LogP contribution < -0.4 is 5.73 Å². The quantitative estimate of drug-likeness (QED) is 0.445. The van der Waals surface area contributed by atoms with Gasteiger partial charge < -0.3 is 26.2 Å². The molecule has 0 radical (unpaired) electrons. The first kappa shape index (κ1) is 14.1. The zero-order valence-corrected chi connectivity index (χ0v) is 9.58. The van der Waals surface area contributed by atoms with Gasteiger partial charge >= 0.3 is 0 Å². The summed E-state index contributed by atoms with van der Waals surface area (Å²) in [6, 6.07) is 6.95. The van der Waals surface area contributed by atoms with Crippen molar-refractivity contribution in [3.63, 3.8) is 0 Å². The molecule has 1 rings (SSSR count). The van der Waals surface area contributed by atoms with Gasteiger partial charge in [0.15, 0.2) is 0 Å². The zero-order valence-electron chi connectivity index (χ0n) is 9.58. The molecule has 1 aromatic rings. The SMILES string of the molecule is NCc1ccccc1C(O)C(CO)(CO)CO. The summed E-state index contributed by atoms with van der Waals surface area (Å²) in [6.07, 6.45) is -1.16. The molecule has 0 saturated heterocycles. The summed E-state index contributed by atoms with van der Waals surface area (Å²) < 4.78 is 0. The third kappa shape index (κ3) is 2.65. The Morgan fingerprint density at radius 1 is 1.06 bits per heavy atom. The molecule has 1 aromatic carbocycles.